The number of aliphatic hydroxyl groups is 1. The first-order valence-electron chi connectivity index (χ1n) is 5.81. The molecule has 3 heteroatoms. The number of nitrogens with zero attached hydrogens (tertiary/aromatic N) is 2. The SMILES string of the molecule is Cc1nn(Cc2ccc(CO)cc2)c(C)c1C. The highest BCUT2D eigenvalue weighted by Gasteiger charge is 2.07. The molecule has 1 aromatic heterocycles. The molecule has 0 bridgehead atoms. The average molecular weight is 230 g/mol. The second-order valence-electron chi connectivity index (χ2n) is 4.43. The predicted octanol–water partition coefficient (Wildman–Crippen LogP) is 2.35. The third-order valence-electron chi connectivity index (χ3n) is 3.28. The van der Waals surface area contributed by atoms with Gasteiger partial charge in [-0.2, -0.15) is 5.10 Å². The lowest BCUT2D eigenvalue weighted by Gasteiger charge is -2.05. The van der Waals surface area contributed by atoms with E-state index in [4.69, 9.17) is 5.11 Å². The molecular formula is C14H18N2O. The normalized spacial score (nSPS) is 10.8. The Balaban J connectivity index is 2.22. The van der Waals surface area contributed by atoms with E-state index in [9.17, 15) is 0 Å². The summed E-state index contributed by atoms with van der Waals surface area (Å²) in [5.74, 6) is 0. The molecule has 0 saturated carbocycles. The molecule has 1 heterocycles. The average Bonchev–Trinajstić information content (AvgIpc) is 2.58. The van der Waals surface area contributed by atoms with E-state index in [1.165, 1.54) is 16.8 Å². The van der Waals surface area contributed by atoms with Crippen LogP contribution in [0.4, 0.5) is 0 Å². The lowest BCUT2D eigenvalue weighted by molar-refractivity contribution is 0.282. The molecule has 2 rings (SSSR count). The molecule has 3 nitrogen and oxygen atoms in total. The zero-order valence-corrected chi connectivity index (χ0v) is 10.6. The molecule has 1 N–H and O–H groups in total. The molecule has 1 aromatic carbocycles. The number of hydrogen-bond acceptors (Lipinski definition) is 2. The summed E-state index contributed by atoms with van der Waals surface area (Å²) in [7, 11) is 0. The van der Waals surface area contributed by atoms with E-state index >= 15 is 0 Å². The highest BCUT2D eigenvalue weighted by molar-refractivity contribution is 5.25. The molecule has 0 amide bonds. The van der Waals surface area contributed by atoms with Gasteiger partial charge in [0.2, 0.25) is 0 Å². The molecule has 0 unspecified atom stereocenters. The Morgan fingerprint density at radius 2 is 1.65 bits per heavy atom. The first-order valence-corrected chi connectivity index (χ1v) is 5.81. The Labute approximate surface area is 102 Å². The van der Waals surface area contributed by atoms with E-state index in [0.717, 1.165) is 17.8 Å². The van der Waals surface area contributed by atoms with Gasteiger partial charge in [-0.3, -0.25) is 4.68 Å². The molecule has 0 aliphatic rings. The van der Waals surface area contributed by atoms with Gasteiger partial charge in [-0.15, -0.1) is 0 Å². The summed E-state index contributed by atoms with van der Waals surface area (Å²) in [5.41, 5.74) is 5.71. The third kappa shape index (κ3) is 2.39. The van der Waals surface area contributed by atoms with Crippen LogP contribution in [0.5, 0.6) is 0 Å². The number of rotatable bonds is 3. The fourth-order valence-electron chi connectivity index (χ4n) is 1.86. The van der Waals surface area contributed by atoms with Crippen LogP contribution in [-0.4, -0.2) is 14.9 Å². The molecule has 0 saturated heterocycles. The number of aliphatic hydroxyl groups excluding tert-OH is 1. The molecule has 17 heavy (non-hydrogen) atoms. The van der Waals surface area contributed by atoms with Gasteiger partial charge in [-0.05, 0) is 37.5 Å². The van der Waals surface area contributed by atoms with Crippen LogP contribution in [0, 0.1) is 20.8 Å². The van der Waals surface area contributed by atoms with Crippen LogP contribution in [0.3, 0.4) is 0 Å². The lowest BCUT2D eigenvalue weighted by atomic mass is 10.1. The first kappa shape index (κ1) is 11.9. The van der Waals surface area contributed by atoms with Crippen LogP contribution in [-0.2, 0) is 13.2 Å². The van der Waals surface area contributed by atoms with Crippen LogP contribution in [0.15, 0.2) is 24.3 Å². The second kappa shape index (κ2) is 4.72. The smallest absolute Gasteiger partial charge is 0.0681 e. The maximum absolute atomic E-state index is 8.98. The van der Waals surface area contributed by atoms with Crippen molar-refractivity contribution in [1.29, 1.82) is 0 Å². The van der Waals surface area contributed by atoms with Gasteiger partial charge in [-0.25, -0.2) is 0 Å². The van der Waals surface area contributed by atoms with E-state index in [0.29, 0.717) is 0 Å². The van der Waals surface area contributed by atoms with Gasteiger partial charge in [0.1, 0.15) is 0 Å². The molecule has 0 aliphatic heterocycles. The molecule has 90 valence electrons. The first-order chi connectivity index (χ1) is 8.11. The van der Waals surface area contributed by atoms with E-state index < -0.39 is 0 Å². The van der Waals surface area contributed by atoms with Crippen molar-refractivity contribution in [2.75, 3.05) is 0 Å². The summed E-state index contributed by atoms with van der Waals surface area (Å²) in [5, 5.41) is 13.5. The molecule has 0 fully saturated rings. The Morgan fingerprint density at radius 3 is 2.12 bits per heavy atom. The fraction of sp³-hybridized carbons (Fsp3) is 0.357. The van der Waals surface area contributed by atoms with E-state index in [2.05, 4.69) is 18.9 Å². The summed E-state index contributed by atoms with van der Waals surface area (Å²) in [6, 6.07) is 7.98. The molecule has 0 radical (unpaired) electrons. The molecule has 0 spiro atoms. The van der Waals surface area contributed by atoms with Gasteiger partial charge in [0.25, 0.3) is 0 Å². The highest BCUT2D eigenvalue weighted by Crippen LogP contribution is 2.13. The standard InChI is InChI=1S/C14H18N2O/c1-10-11(2)15-16(12(10)3)8-13-4-6-14(9-17)7-5-13/h4-7,17H,8-9H2,1-3H3. The van der Waals surface area contributed by atoms with Crippen LogP contribution >= 0.6 is 0 Å². The van der Waals surface area contributed by atoms with Gasteiger partial charge in [0.05, 0.1) is 18.8 Å². The largest absolute Gasteiger partial charge is 0.392 e. The highest BCUT2D eigenvalue weighted by atomic mass is 16.3. The minimum Gasteiger partial charge on any atom is -0.392 e. The van der Waals surface area contributed by atoms with Crippen molar-refractivity contribution in [1.82, 2.24) is 9.78 Å². The molecular weight excluding hydrogens is 212 g/mol. The van der Waals surface area contributed by atoms with Gasteiger partial charge in [0.15, 0.2) is 0 Å². The Morgan fingerprint density at radius 1 is 1.06 bits per heavy atom. The minimum atomic E-state index is 0.0965. The number of aryl methyl sites for hydroxylation is 1. The maximum Gasteiger partial charge on any atom is 0.0681 e. The second-order valence-corrected chi connectivity index (χ2v) is 4.43. The van der Waals surface area contributed by atoms with Crippen molar-refractivity contribution < 1.29 is 5.11 Å². The molecule has 2 aromatic rings. The van der Waals surface area contributed by atoms with Crippen molar-refractivity contribution in [2.24, 2.45) is 0 Å². The van der Waals surface area contributed by atoms with Crippen molar-refractivity contribution in [2.45, 2.75) is 33.9 Å². The number of aromatic nitrogens is 2. The predicted molar refractivity (Wildman–Crippen MR) is 67.9 cm³/mol. The summed E-state index contributed by atoms with van der Waals surface area (Å²) < 4.78 is 2.03. The summed E-state index contributed by atoms with van der Waals surface area (Å²) in [4.78, 5) is 0. The maximum atomic E-state index is 8.98. The summed E-state index contributed by atoms with van der Waals surface area (Å²) in [6.45, 7) is 7.11. The van der Waals surface area contributed by atoms with Crippen molar-refractivity contribution in [3.63, 3.8) is 0 Å². The molecule has 0 aliphatic carbocycles. The van der Waals surface area contributed by atoms with E-state index in [-0.39, 0.29) is 6.61 Å². The topological polar surface area (TPSA) is 38.0 Å². The van der Waals surface area contributed by atoms with E-state index in [1.807, 2.05) is 35.9 Å². The monoisotopic (exact) mass is 230 g/mol. The van der Waals surface area contributed by atoms with Gasteiger partial charge in [0, 0.05) is 5.69 Å². The van der Waals surface area contributed by atoms with Crippen LogP contribution in [0.1, 0.15) is 28.1 Å². The Kier molecular flexibility index (Phi) is 3.29. The van der Waals surface area contributed by atoms with Crippen LogP contribution in [0.2, 0.25) is 0 Å². The van der Waals surface area contributed by atoms with Crippen molar-refractivity contribution in [3.8, 4) is 0 Å². The molecule has 0 atom stereocenters. The van der Waals surface area contributed by atoms with Crippen LogP contribution in [0.25, 0.3) is 0 Å². The van der Waals surface area contributed by atoms with Gasteiger partial charge >= 0.3 is 0 Å². The van der Waals surface area contributed by atoms with Crippen molar-refractivity contribution in [3.05, 3.63) is 52.3 Å². The van der Waals surface area contributed by atoms with Crippen LogP contribution < -0.4 is 0 Å². The van der Waals surface area contributed by atoms with Gasteiger partial charge in [-0.1, -0.05) is 24.3 Å². The minimum absolute atomic E-state index is 0.0965. The zero-order chi connectivity index (χ0) is 12.4. The fourth-order valence-corrected chi connectivity index (χ4v) is 1.86. The number of benzene rings is 1. The quantitative estimate of drug-likeness (QED) is 0.879. The Bertz CT molecular complexity index is 512. The summed E-state index contributed by atoms with van der Waals surface area (Å²) >= 11 is 0. The summed E-state index contributed by atoms with van der Waals surface area (Å²) in [6.07, 6.45) is 0. The van der Waals surface area contributed by atoms with Gasteiger partial charge < -0.3 is 5.11 Å². The number of hydrogen-bond donors (Lipinski definition) is 1. The Hall–Kier alpha value is -1.61. The van der Waals surface area contributed by atoms with Crippen molar-refractivity contribution >= 4 is 0 Å². The van der Waals surface area contributed by atoms with E-state index in [1.54, 1.807) is 0 Å². The third-order valence-corrected chi connectivity index (χ3v) is 3.28. The lowest BCUT2D eigenvalue weighted by Crippen LogP contribution is -2.04. The zero-order valence-electron chi connectivity index (χ0n) is 10.6.